The van der Waals surface area contributed by atoms with Crippen LogP contribution < -0.4 is 4.90 Å². The summed E-state index contributed by atoms with van der Waals surface area (Å²) in [6, 6.07) is 1.87. The second-order valence-electron chi connectivity index (χ2n) is 3.38. The summed E-state index contributed by atoms with van der Waals surface area (Å²) in [5.41, 5.74) is 0.907. The minimum Gasteiger partial charge on any atom is -0.350 e. The van der Waals surface area contributed by atoms with Crippen LogP contribution in [0.1, 0.15) is 12.1 Å². The number of aryl methyl sites for hydroxylation is 1. The molecule has 1 aliphatic rings. The Morgan fingerprint density at radius 1 is 1.43 bits per heavy atom. The van der Waals surface area contributed by atoms with Gasteiger partial charge in [-0.3, -0.25) is 0 Å². The fraction of sp³-hybridized carbons (Fsp3) is 0.400. The highest BCUT2D eigenvalue weighted by atomic mass is 19.1. The zero-order chi connectivity index (χ0) is 9.97. The summed E-state index contributed by atoms with van der Waals surface area (Å²) in [5.74, 6) is 0.730. The van der Waals surface area contributed by atoms with Gasteiger partial charge in [0.25, 0.3) is 0 Å². The minimum atomic E-state index is -0.0764. The molecule has 0 atom stereocenters. The van der Waals surface area contributed by atoms with E-state index in [4.69, 9.17) is 0 Å². The molecule has 0 radical (unpaired) electrons. The topological polar surface area (TPSA) is 29.0 Å². The number of aromatic nitrogens is 2. The first-order valence-corrected chi connectivity index (χ1v) is 4.64. The highest BCUT2D eigenvalue weighted by Crippen LogP contribution is 2.17. The molecule has 2 rings (SSSR count). The average Bonchev–Trinajstić information content (AvgIpc) is 2.18. The first kappa shape index (κ1) is 9.12. The summed E-state index contributed by atoms with van der Waals surface area (Å²) in [6.07, 6.45) is 3.89. The van der Waals surface area contributed by atoms with Gasteiger partial charge < -0.3 is 4.90 Å². The Hall–Kier alpha value is -1.45. The van der Waals surface area contributed by atoms with Gasteiger partial charge in [0.15, 0.2) is 0 Å². The van der Waals surface area contributed by atoms with Crippen LogP contribution in [0.15, 0.2) is 24.3 Å². The maximum Gasteiger partial charge on any atom is 0.132 e. The van der Waals surface area contributed by atoms with E-state index in [2.05, 4.69) is 9.97 Å². The fourth-order valence-electron chi connectivity index (χ4n) is 1.51. The largest absolute Gasteiger partial charge is 0.350 e. The Morgan fingerprint density at radius 2 is 2.29 bits per heavy atom. The maximum atomic E-state index is 13.0. The normalized spacial score (nSPS) is 16.7. The number of hydrogen-bond donors (Lipinski definition) is 0. The first-order valence-electron chi connectivity index (χ1n) is 4.64. The molecule has 2 heterocycles. The van der Waals surface area contributed by atoms with E-state index >= 15 is 0 Å². The molecule has 0 amide bonds. The van der Waals surface area contributed by atoms with Gasteiger partial charge in [0.2, 0.25) is 0 Å². The number of anilines is 1. The van der Waals surface area contributed by atoms with Gasteiger partial charge in [-0.2, -0.15) is 0 Å². The molecule has 1 aromatic heterocycles. The third-order valence-electron chi connectivity index (χ3n) is 2.22. The smallest absolute Gasteiger partial charge is 0.132 e. The maximum absolute atomic E-state index is 13.0. The van der Waals surface area contributed by atoms with E-state index in [0.29, 0.717) is 6.54 Å². The van der Waals surface area contributed by atoms with Crippen LogP contribution in [0, 0.1) is 6.92 Å². The Kier molecular flexibility index (Phi) is 2.43. The summed E-state index contributed by atoms with van der Waals surface area (Å²) < 4.78 is 13.0. The number of nitrogens with zero attached hydrogens (tertiary/aromatic N) is 3. The van der Waals surface area contributed by atoms with Crippen molar-refractivity contribution >= 4 is 5.82 Å². The molecule has 3 nitrogen and oxygen atoms in total. The summed E-state index contributed by atoms with van der Waals surface area (Å²) in [7, 11) is 0. The van der Waals surface area contributed by atoms with Crippen LogP contribution in [0.3, 0.4) is 0 Å². The molecule has 0 N–H and O–H groups in total. The van der Waals surface area contributed by atoms with Crippen molar-refractivity contribution in [1.82, 2.24) is 9.97 Å². The molecule has 0 saturated carbocycles. The summed E-state index contributed by atoms with van der Waals surface area (Å²) in [6.45, 7) is 3.06. The lowest BCUT2D eigenvalue weighted by molar-refractivity contribution is 0.572. The zero-order valence-corrected chi connectivity index (χ0v) is 8.07. The Balaban J connectivity index is 2.19. The van der Waals surface area contributed by atoms with E-state index in [9.17, 15) is 4.39 Å². The van der Waals surface area contributed by atoms with Crippen LogP contribution in [-0.4, -0.2) is 23.1 Å². The van der Waals surface area contributed by atoms with Gasteiger partial charge >= 0.3 is 0 Å². The van der Waals surface area contributed by atoms with Gasteiger partial charge in [0.05, 0.1) is 6.54 Å². The Bertz CT molecular complexity index is 362. The van der Waals surface area contributed by atoms with Gasteiger partial charge in [-0.05, 0) is 19.4 Å². The van der Waals surface area contributed by atoms with E-state index in [-0.39, 0.29) is 5.83 Å². The summed E-state index contributed by atoms with van der Waals surface area (Å²) in [4.78, 5) is 10.0. The predicted octanol–water partition coefficient (Wildman–Crippen LogP) is 1.85. The van der Waals surface area contributed by atoms with Crippen molar-refractivity contribution in [2.45, 2.75) is 13.3 Å². The molecule has 0 unspecified atom stereocenters. The molecule has 14 heavy (non-hydrogen) atoms. The van der Waals surface area contributed by atoms with Crippen molar-refractivity contribution in [3.05, 3.63) is 30.0 Å². The van der Waals surface area contributed by atoms with Crippen LogP contribution in [0.5, 0.6) is 0 Å². The molecule has 0 fully saturated rings. The lowest BCUT2D eigenvalue weighted by atomic mass is 10.2. The van der Waals surface area contributed by atoms with Crippen LogP contribution in [0.4, 0.5) is 10.2 Å². The van der Waals surface area contributed by atoms with Gasteiger partial charge in [0.1, 0.15) is 18.0 Å². The molecule has 1 aromatic rings. The molecule has 0 bridgehead atoms. The number of rotatable bonds is 1. The van der Waals surface area contributed by atoms with Gasteiger partial charge in [0, 0.05) is 18.3 Å². The number of halogens is 1. The Labute approximate surface area is 82.3 Å². The van der Waals surface area contributed by atoms with Crippen molar-refractivity contribution in [2.75, 3.05) is 18.0 Å². The first-order chi connectivity index (χ1) is 6.75. The summed E-state index contributed by atoms with van der Waals surface area (Å²) in [5, 5.41) is 0. The second kappa shape index (κ2) is 3.74. The van der Waals surface area contributed by atoms with Gasteiger partial charge in [-0.1, -0.05) is 0 Å². The highest BCUT2D eigenvalue weighted by Gasteiger charge is 2.13. The van der Waals surface area contributed by atoms with E-state index in [1.807, 2.05) is 17.9 Å². The lowest BCUT2D eigenvalue weighted by Gasteiger charge is -2.25. The quantitative estimate of drug-likeness (QED) is 0.681. The molecular weight excluding hydrogens is 181 g/mol. The third-order valence-corrected chi connectivity index (χ3v) is 2.22. The summed E-state index contributed by atoms with van der Waals surface area (Å²) >= 11 is 0. The predicted molar refractivity (Wildman–Crippen MR) is 52.8 cm³/mol. The monoisotopic (exact) mass is 193 g/mol. The number of hydrogen-bond acceptors (Lipinski definition) is 3. The molecular formula is C10H12FN3. The lowest BCUT2D eigenvalue weighted by Crippen LogP contribution is -2.29. The molecule has 0 spiro atoms. The van der Waals surface area contributed by atoms with Gasteiger partial charge in [-0.25, -0.2) is 14.4 Å². The molecule has 0 saturated heterocycles. The molecule has 0 aromatic carbocycles. The fourth-order valence-corrected chi connectivity index (χ4v) is 1.51. The second-order valence-corrected chi connectivity index (χ2v) is 3.38. The van der Waals surface area contributed by atoms with Crippen LogP contribution in [0.25, 0.3) is 0 Å². The molecule has 1 aliphatic heterocycles. The average molecular weight is 193 g/mol. The van der Waals surface area contributed by atoms with Crippen LogP contribution >= 0.6 is 0 Å². The van der Waals surface area contributed by atoms with Crippen molar-refractivity contribution in [3.8, 4) is 0 Å². The van der Waals surface area contributed by atoms with Crippen LogP contribution in [-0.2, 0) is 0 Å². The van der Waals surface area contributed by atoms with Crippen molar-refractivity contribution in [1.29, 1.82) is 0 Å². The minimum absolute atomic E-state index is 0.0764. The van der Waals surface area contributed by atoms with Crippen molar-refractivity contribution in [3.63, 3.8) is 0 Å². The van der Waals surface area contributed by atoms with E-state index in [1.54, 1.807) is 6.08 Å². The molecule has 0 aliphatic carbocycles. The standard InChI is InChI=1S/C10H12FN3/c1-8-5-10(13-7-12-8)14-4-2-3-9(11)6-14/h3,5,7H,2,4,6H2,1H3. The third kappa shape index (κ3) is 1.89. The van der Waals surface area contributed by atoms with Gasteiger partial charge in [-0.15, -0.1) is 0 Å². The van der Waals surface area contributed by atoms with Crippen molar-refractivity contribution < 1.29 is 4.39 Å². The van der Waals surface area contributed by atoms with E-state index in [0.717, 1.165) is 24.5 Å². The van der Waals surface area contributed by atoms with Crippen molar-refractivity contribution in [2.24, 2.45) is 0 Å². The molecule has 4 heteroatoms. The SMILES string of the molecule is Cc1cc(N2CCC=C(F)C2)ncn1. The Morgan fingerprint density at radius 3 is 3.00 bits per heavy atom. The van der Waals surface area contributed by atoms with E-state index in [1.165, 1.54) is 6.33 Å². The van der Waals surface area contributed by atoms with E-state index < -0.39 is 0 Å². The highest BCUT2D eigenvalue weighted by molar-refractivity contribution is 5.41. The molecule has 74 valence electrons. The zero-order valence-electron chi connectivity index (χ0n) is 8.07. The van der Waals surface area contributed by atoms with Crippen LogP contribution in [0.2, 0.25) is 0 Å².